The maximum Gasteiger partial charge on any atom is 0.133 e. The summed E-state index contributed by atoms with van der Waals surface area (Å²) >= 11 is 3.65. The Labute approximate surface area is 92.4 Å². The number of hydrogen-bond acceptors (Lipinski definition) is 3. The molecule has 0 aliphatic heterocycles. The maximum absolute atomic E-state index is 4.56. The van der Waals surface area contributed by atoms with Gasteiger partial charge >= 0.3 is 0 Å². The molecule has 0 atom stereocenters. The van der Waals surface area contributed by atoms with Crippen LogP contribution in [0.25, 0.3) is 9.88 Å². The monoisotopic (exact) mass is 223 g/mol. The fourth-order valence-electron chi connectivity index (χ4n) is 1.26. The van der Waals surface area contributed by atoms with E-state index in [1.165, 1.54) is 19.6 Å². The molecule has 2 rings (SSSR count). The predicted molar refractivity (Wildman–Crippen MR) is 64.3 cm³/mol. The summed E-state index contributed by atoms with van der Waals surface area (Å²) in [6.45, 7) is 6.39. The van der Waals surface area contributed by atoms with Crippen molar-refractivity contribution in [2.75, 3.05) is 0 Å². The third-order valence-corrected chi connectivity index (χ3v) is 4.72. The fourth-order valence-corrected chi connectivity index (χ4v) is 3.18. The lowest BCUT2D eigenvalue weighted by Crippen LogP contribution is -1.72. The van der Waals surface area contributed by atoms with E-state index in [0.29, 0.717) is 0 Å². The van der Waals surface area contributed by atoms with Gasteiger partial charge in [0.25, 0.3) is 0 Å². The third kappa shape index (κ3) is 1.74. The second-order valence-corrected chi connectivity index (χ2v) is 5.65. The van der Waals surface area contributed by atoms with E-state index in [-0.39, 0.29) is 0 Å². The van der Waals surface area contributed by atoms with Gasteiger partial charge in [0.1, 0.15) is 5.01 Å². The molecule has 2 heterocycles. The van der Waals surface area contributed by atoms with Crippen LogP contribution in [0.3, 0.4) is 0 Å². The quantitative estimate of drug-likeness (QED) is 0.748. The number of nitrogens with zero attached hydrogens (tertiary/aromatic N) is 1. The number of rotatable bonds is 2. The van der Waals surface area contributed by atoms with Gasteiger partial charge in [-0.25, -0.2) is 4.98 Å². The van der Waals surface area contributed by atoms with E-state index in [0.717, 1.165) is 12.1 Å². The molecule has 3 heteroatoms. The second-order valence-electron chi connectivity index (χ2n) is 3.28. The molecule has 0 N–H and O–H groups in total. The van der Waals surface area contributed by atoms with Crippen molar-refractivity contribution in [1.29, 1.82) is 0 Å². The van der Waals surface area contributed by atoms with Crippen molar-refractivity contribution >= 4 is 22.7 Å². The van der Waals surface area contributed by atoms with Gasteiger partial charge < -0.3 is 0 Å². The largest absolute Gasteiger partial charge is 0.240 e. The summed E-state index contributed by atoms with van der Waals surface area (Å²) in [5.41, 5.74) is 1.16. The first kappa shape index (κ1) is 9.87. The van der Waals surface area contributed by atoms with Crippen LogP contribution < -0.4 is 0 Å². The first-order chi connectivity index (χ1) is 6.70. The minimum atomic E-state index is 1.12. The van der Waals surface area contributed by atoms with Crippen LogP contribution in [0.5, 0.6) is 0 Å². The summed E-state index contributed by atoms with van der Waals surface area (Å²) in [6.07, 6.45) is 1.12. The smallest absolute Gasteiger partial charge is 0.133 e. The zero-order chi connectivity index (χ0) is 10.1. The predicted octanol–water partition coefficient (Wildman–Crippen LogP) is 4.05. The van der Waals surface area contributed by atoms with Crippen LogP contribution >= 0.6 is 22.7 Å². The average molecular weight is 223 g/mol. The maximum atomic E-state index is 4.56. The third-order valence-electron chi connectivity index (χ3n) is 2.25. The second kappa shape index (κ2) is 3.83. The van der Waals surface area contributed by atoms with Crippen LogP contribution in [0.4, 0.5) is 0 Å². The molecule has 0 saturated carbocycles. The van der Waals surface area contributed by atoms with Gasteiger partial charge in [-0.3, -0.25) is 0 Å². The van der Waals surface area contributed by atoms with Gasteiger partial charge in [0.05, 0.1) is 10.6 Å². The molecule has 0 bridgehead atoms. The Morgan fingerprint density at radius 1 is 1.21 bits per heavy atom. The van der Waals surface area contributed by atoms with E-state index in [2.05, 4.69) is 37.9 Å². The Hall–Kier alpha value is -0.670. The molecule has 0 spiro atoms. The van der Waals surface area contributed by atoms with E-state index in [1.54, 1.807) is 11.3 Å². The molecule has 14 heavy (non-hydrogen) atoms. The molecule has 2 aromatic heterocycles. The first-order valence-corrected chi connectivity index (χ1v) is 6.37. The van der Waals surface area contributed by atoms with Crippen molar-refractivity contribution in [3.63, 3.8) is 0 Å². The summed E-state index contributed by atoms with van der Waals surface area (Å²) in [6, 6.07) is 4.38. The van der Waals surface area contributed by atoms with Gasteiger partial charge in [-0.1, -0.05) is 6.92 Å². The summed E-state index contributed by atoms with van der Waals surface area (Å²) in [5, 5.41) is 1.17. The van der Waals surface area contributed by atoms with Crippen molar-refractivity contribution in [3.8, 4) is 9.88 Å². The van der Waals surface area contributed by atoms with Crippen LogP contribution in [0.15, 0.2) is 12.1 Å². The highest BCUT2D eigenvalue weighted by molar-refractivity contribution is 7.21. The molecule has 0 aliphatic carbocycles. The summed E-state index contributed by atoms with van der Waals surface area (Å²) in [5.74, 6) is 0. The van der Waals surface area contributed by atoms with Crippen molar-refractivity contribution in [1.82, 2.24) is 4.98 Å². The van der Waals surface area contributed by atoms with E-state index < -0.39 is 0 Å². The molecule has 0 fully saturated rings. The van der Waals surface area contributed by atoms with E-state index >= 15 is 0 Å². The van der Waals surface area contributed by atoms with Gasteiger partial charge in [0.15, 0.2) is 0 Å². The van der Waals surface area contributed by atoms with Gasteiger partial charge in [-0.15, -0.1) is 22.7 Å². The molecule has 2 aromatic rings. The molecule has 0 aliphatic rings. The van der Waals surface area contributed by atoms with Crippen molar-refractivity contribution in [2.24, 2.45) is 0 Å². The standard InChI is InChI=1S/C11H13NS2/c1-4-9-5-6-10(14-9)11-12-7(2)8(3)13-11/h5-6H,4H2,1-3H3. The SMILES string of the molecule is CCc1ccc(-c2nc(C)c(C)s2)s1. The van der Waals surface area contributed by atoms with Crippen LogP contribution in [-0.2, 0) is 6.42 Å². The first-order valence-electron chi connectivity index (χ1n) is 4.74. The van der Waals surface area contributed by atoms with Crippen LogP contribution in [0.1, 0.15) is 22.4 Å². The molecule has 0 amide bonds. The van der Waals surface area contributed by atoms with Gasteiger partial charge in [-0.05, 0) is 32.4 Å². The van der Waals surface area contributed by atoms with Gasteiger partial charge in [0.2, 0.25) is 0 Å². The van der Waals surface area contributed by atoms with Crippen molar-refractivity contribution in [2.45, 2.75) is 27.2 Å². The van der Waals surface area contributed by atoms with Crippen LogP contribution in [-0.4, -0.2) is 4.98 Å². The summed E-state index contributed by atoms with van der Waals surface area (Å²) < 4.78 is 0. The number of thiazole rings is 1. The zero-order valence-corrected chi connectivity index (χ0v) is 10.3. The molecule has 0 radical (unpaired) electrons. The van der Waals surface area contributed by atoms with Gasteiger partial charge in [0, 0.05) is 9.75 Å². The Morgan fingerprint density at radius 3 is 2.50 bits per heavy atom. The highest BCUT2D eigenvalue weighted by Gasteiger charge is 2.08. The lowest BCUT2D eigenvalue weighted by atomic mass is 10.4. The zero-order valence-electron chi connectivity index (χ0n) is 8.63. The van der Waals surface area contributed by atoms with Crippen LogP contribution in [0.2, 0.25) is 0 Å². The Bertz CT molecular complexity index is 420. The summed E-state index contributed by atoms with van der Waals surface area (Å²) in [7, 11) is 0. The molecular formula is C11H13NS2. The Kier molecular flexibility index (Phi) is 2.70. The lowest BCUT2D eigenvalue weighted by Gasteiger charge is -1.87. The number of hydrogen-bond donors (Lipinski definition) is 0. The van der Waals surface area contributed by atoms with Gasteiger partial charge in [-0.2, -0.15) is 0 Å². The highest BCUT2D eigenvalue weighted by atomic mass is 32.1. The minimum Gasteiger partial charge on any atom is -0.240 e. The molecule has 74 valence electrons. The minimum absolute atomic E-state index is 1.12. The number of aromatic nitrogens is 1. The molecule has 0 saturated heterocycles. The van der Waals surface area contributed by atoms with E-state index in [9.17, 15) is 0 Å². The van der Waals surface area contributed by atoms with E-state index in [4.69, 9.17) is 0 Å². The topological polar surface area (TPSA) is 12.9 Å². The van der Waals surface area contributed by atoms with Crippen LogP contribution in [0, 0.1) is 13.8 Å². The molecule has 1 nitrogen and oxygen atoms in total. The number of thiophene rings is 1. The van der Waals surface area contributed by atoms with Crippen molar-refractivity contribution in [3.05, 3.63) is 27.6 Å². The molecular weight excluding hydrogens is 210 g/mol. The average Bonchev–Trinajstić information content (AvgIpc) is 2.74. The summed E-state index contributed by atoms with van der Waals surface area (Å²) in [4.78, 5) is 8.63. The molecule has 0 aromatic carbocycles. The normalized spacial score (nSPS) is 10.8. The molecule has 0 unspecified atom stereocenters. The van der Waals surface area contributed by atoms with E-state index in [1.807, 2.05) is 11.3 Å². The Morgan fingerprint density at radius 2 is 2.00 bits per heavy atom. The fraction of sp³-hybridized carbons (Fsp3) is 0.364. The Balaban J connectivity index is 2.39. The van der Waals surface area contributed by atoms with Crippen molar-refractivity contribution < 1.29 is 0 Å². The lowest BCUT2D eigenvalue weighted by molar-refractivity contribution is 1.19. The highest BCUT2D eigenvalue weighted by Crippen LogP contribution is 2.32. The number of aryl methyl sites for hydroxylation is 3.